The van der Waals surface area contributed by atoms with Crippen molar-refractivity contribution >= 4 is 23.4 Å². The van der Waals surface area contributed by atoms with Gasteiger partial charge in [-0.3, -0.25) is 0 Å². The standard InChI is InChI=1S/C27H25N3O4/c1-16-5-11-21(18(3)13-16)24-15-34-25(29-24)19-7-9-20(10-8-19)28-27(32)30-23-14-17(2)6-12-22(23)26(31)33-4/h5-15H,1-4H3,(H2,28,30,32). The van der Waals surface area contributed by atoms with E-state index in [1.54, 1.807) is 36.6 Å². The minimum absolute atomic E-state index is 0.280. The monoisotopic (exact) mass is 455 g/mol. The van der Waals surface area contributed by atoms with Gasteiger partial charge in [-0.05, 0) is 68.3 Å². The zero-order valence-corrected chi connectivity index (χ0v) is 19.4. The number of benzene rings is 3. The normalized spacial score (nSPS) is 10.6. The number of urea groups is 1. The number of nitrogens with zero attached hydrogens (tertiary/aromatic N) is 1. The smallest absolute Gasteiger partial charge is 0.339 e. The van der Waals surface area contributed by atoms with Gasteiger partial charge in [0.2, 0.25) is 5.89 Å². The molecule has 0 bridgehead atoms. The number of amides is 2. The van der Waals surface area contributed by atoms with E-state index >= 15 is 0 Å². The SMILES string of the molecule is COC(=O)c1ccc(C)cc1NC(=O)Nc1ccc(-c2nc(-c3ccc(C)cc3C)co2)cc1. The predicted molar refractivity (Wildman–Crippen MR) is 132 cm³/mol. The Balaban J connectivity index is 1.46. The Morgan fingerprint density at radius 3 is 2.29 bits per heavy atom. The Kier molecular flexibility index (Phi) is 6.45. The number of hydrogen-bond acceptors (Lipinski definition) is 5. The summed E-state index contributed by atoms with van der Waals surface area (Å²) in [5.41, 5.74) is 7.05. The zero-order chi connectivity index (χ0) is 24.2. The van der Waals surface area contributed by atoms with E-state index < -0.39 is 12.0 Å². The average Bonchev–Trinajstić information content (AvgIpc) is 3.29. The summed E-state index contributed by atoms with van der Waals surface area (Å²) in [7, 11) is 1.30. The lowest BCUT2D eigenvalue weighted by molar-refractivity contribution is 0.0602. The average molecular weight is 456 g/mol. The molecule has 0 saturated carbocycles. The molecule has 4 aromatic rings. The number of hydrogen-bond donors (Lipinski definition) is 2. The number of methoxy groups -OCH3 is 1. The maximum atomic E-state index is 12.5. The minimum Gasteiger partial charge on any atom is -0.465 e. The van der Waals surface area contributed by atoms with Gasteiger partial charge in [0.15, 0.2) is 0 Å². The van der Waals surface area contributed by atoms with Gasteiger partial charge in [-0.2, -0.15) is 0 Å². The van der Waals surface area contributed by atoms with E-state index in [1.807, 2.05) is 38.1 Å². The van der Waals surface area contributed by atoms with Crippen molar-refractivity contribution in [1.29, 1.82) is 0 Å². The summed E-state index contributed by atoms with van der Waals surface area (Å²) >= 11 is 0. The molecule has 2 amide bonds. The van der Waals surface area contributed by atoms with Crippen molar-refractivity contribution < 1.29 is 18.7 Å². The van der Waals surface area contributed by atoms with Gasteiger partial charge in [-0.15, -0.1) is 0 Å². The number of ether oxygens (including phenoxy) is 1. The van der Waals surface area contributed by atoms with Gasteiger partial charge in [-0.25, -0.2) is 14.6 Å². The first kappa shape index (κ1) is 22.8. The van der Waals surface area contributed by atoms with Crippen LogP contribution in [0.5, 0.6) is 0 Å². The van der Waals surface area contributed by atoms with Crippen molar-refractivity contribution in [3.63, 3.8) is 0 Å². The lowest BCUT2D eigenvalue weighted by Gasteiger charge is -2.12. The number of rotatable bonds is 5. The highest BCUT2D eigenvalue weighted by molar-refractivity contribution is 6.05. The summed E-state index contributed by atoms with van der Waals surface area (Å²) < 4.78 is 10.5. The molecule has 2 N–H and O–H groups in total. The van der Waals surface area contributed by atoms with Crippen LogP contribution in [0, 0.1) is 20.8 Å². The second-order valence-corrected chi connectivity index (χ2v) is 8.05. The van der Waals surface area contributed by atoms with E-state index in [2.05, 4.69) is 28.6 Å². The van der Waals surface area contributed by atoms with Gasteiger partial charge < -0.3 is 19.8 Å². The molecule has 0 atom stereocenters. The molecule has 7 heteroatoms. The molecule has 0 fully saturated rings. The number of carbonyl (C=O) groups is 2. The highest BCUT2D eigenvalue weighted by atomic mass is 16.5. The molecule has 1 heterocycles. The first-order valence-electron chi connectivity index (χ1n) is 10.7. The van der Waals surface area contributed by atoms with Crippen LogP contribution in [0.25, 0.3) is 22.7 Å². The third-order valence-corrected chi connectivity index (χ3v) is 5.38. The summed E-state index contributed by atoms with van der Waals surface area (Å²) in [5.74, 6) is -0.0285. The van der Waals surface area contributed by atoms with Crippen LogP contribution in [0.3, 0.4) is 0 Å². The van der Waals surface area contributed by atoms with Crippen LogP contribution >= 0.6 is 0 Å². The third-order valence-electron chi connectivity index (χ3n) is 5.38. The van der Waals surface area contributed by atoms with Crippen molar-refractivity contribution in [1.82, 2.24) is 4.98 Å². The largest absolute Gasteiger partial charge is 0.465 e. The lowest BCUT2D eigenvalue weighted by Crippen LogP contribution is -2.21. The van der Waals surface area contributed by atoms with E-state index in [9.17, 15) is 9.59 Å². The molecule has 0 aliphatic carbocycles. The van der Waals surface area contributed by atoms with E-state index in [4.69, 9.17) is 9.15 Å². The van der Waals surface area contributed by atoms with E-state index in [-0.39, 0.29) is 5.56 Å². The second-order valence-electron chi connectivity index (χ2n) is 8.05. The van der Waals surface area contributed by atoms with Gasteiger partial charge in [0, 0.05) is 16.8 Å². The Hall–Kier alpha value is -4.39. The van der Waals surface area contributed by atoms with Crippen molar-refractivity contribution in [3.05, 3.63) is 89.2 Å². The third kappa shape index (κ3) is 4.99. The van der Waals surface area contributed by atoms with Crippen molar-refractivity contribution in [2.24, 2.45) is 0 Å². The molecular formula is C27H25N3O4. The van der Waals surface area contributed by atoms with Crippen LogP contribution in [0.4, 0.5) is 16.2 Å². The molecule has 0 saturated heterocycles. The Bertz CT molecular complexity index is 1360. The van der Waals surface area contributed by atoms with Crippen LogP contribution in [-0.4, -0.2) is 24.1 Å². The maximum Gasteiger partial charge on any atom is 0.339 e. The molecule has 172 valence electrons. The number of aryl methyl sites for hydroxylation is 3. The topological polar surface area (TPSA) is 93.5 Å². The molecule has 0 unspecified atom stereocenters. The molecule has 3 aromatic carbocycles. The lowest BCUT2D eigenvalue weighted by atomic mass is 10.0. The number of aromatic nitrogens is 1. The van der Waals surface area contributed by atoms with Crippen LogP contribution in [0.1, 0.15) is 27.0 Å². The zero-order valence-electron chi connectivity index (χ0n) is 19.4. The number of esters is 1. The molecule has 4 rings (SSSR count). The number of carbonyl (C=O) groups excluding carboxylic acids is 2. The predicted octanol–water partition coefficient (Wildman–Crippen LogP) is 6.36. The fraction of sp³-hybridized carbons (Fsp3) is 0.148. The van der Waals surface area contributed by atoms with Crippen molar-refractivity contribution in [2.45, 2.75) is 20.8 Å². The number of oxazole rings is 1. The van der Waals surface area contributed by atoms with Crippen LogP contribution in [0.2, 0.25) is 0 Å². The Labute approximate surface area is 197 Å². The molecular weight excluding hydrogens is 430 g/mol. The Morgan fingerprint density at radius 1 is 0.882 bits per heavy atom. The van der Waals surface area contributed by atoms with Gasteiger partial charge in [0.1, 0.15) is 12.0 Å². The summed E-state index contributed by atoms with van der Waals surface area (Å²) in [6.07, 6.45) is 1.65. The first-order valence-corrected chi connectivity index (χ1v) is 10.7. The minimum atomic E-state index is -0.522. The molecule has 0 aliphatic rings. The van der Waals surface area contributed by atoms with Gasteiger partial charge >= 0.3 is 12.0 Å². The molecule has 0 aliphatic heterocycles. The maximum absolute atomic E-state index is 12.5. The van der Waals surface area contributed by atoms with Crippen LogP contribution in [-0.2, 0) is 4.74 Å². The van der Waals surface area contributed by atoms with E-state index in [0.29, 0.717) is 17.3 Å². The second kappa shape index (κ2) is 9.62. The quantitative estimate of drug-likeness (QED) is 0.341. The van der Waals surface area contributed by atoms with E-state index in [0.717, 1.165) is 27.9 Å². The van der Waals surface area contributed by atoms with Gasteiger partial charge in [-0.1, -0.05) is 29.8 Å². The molecule has 0 spiro atoms. The first-order chi connectivity index (χ1) is 16.3. The summed E-state index contributed by atoms with van der Waals surface area (Å²) in [5, 5.41) is 5.47. The molecule has 7 nitrogen and oxygen atoms in total. The molecule has 0 radical (unpaired) electrons. The number of anilines is 2. The number of nitrogens with one attached hydrogen (secondary N) is 2. The summed E-state index contributed by atoms with van der Waals surface area (Å²) in [6, 6.07) is 18.0. The van der Waals surface area contributed by atoms with Crippen LogP contribution < -0.4 is 10.6 Å². The van der Waals surface area contributed by atoms with Crippen molar-refractivity contribution in [3.8, 4) is 22.7 Å². The van der Waals surface area contributed by atoms with Crippen LogP contribution in [0.15, 0.2) is 71.3 Å². The molecule has 1 aromatic heterocycles. The highest BCUT2D eigenvalue weighted by Gasteiger charge is 2.15. The fourth-order valence-electron chi connectivity index (χ4n) is 3.66. The van der Waals surface area contributed by atoms with Crippen molar-refractivity contribution in [2.75, 3.05) is 17.7 Å². The van der Waals surface area contributed by atoms with Gasteiger partial charge in [0.05, 0.1) is 18.4 Å². The summed E-state index contributed by atoms with van der Waals surface area (Å²) in [4.78, 5) is 29.1. The summed E-state index contributed by atoms with van der Waals surface area (Å²) in [6.45, 7) is 5.98. The highest BCUT2D eigenvalue weighted by Crippen LogP contribution is 2.28. The van der Waals surface area contributed by atoms with E-state index in [1.165, 1.54) is 12.7 Å². The fourth-order valence-corrected chi connectivity index (χ4v) is 3.66. The van der Waals surface area contributed by atoms with Gasteiger partial charge in [0.25, 0.3) is 0 Å². The Morgan fingerprint density at radius 2 is 1.59 bits per heavy atom. The molecule has 34 heavy (non-hydrogen) atoms.